The van der Waals surface area contributed by atoms with Crippen LogP contribution < -0.4 is 5.69 Å². The number of aromatic nitrogens is 3. The second-order valence-electron chi connectivity index (χ2n) is 3.52. The number of aromatic amines is 1. The first-order chi connectivity index (χ1) is 8.24. The van der Waals surface area contributed by atoms with Crippen LogP contribution in [0.5, 0.6) is 5.88 Å². The van der Waals surface area contributed by atoms with E-state index >= 15 is 0 Å². The van der Waals surface area contributed by atoms with Gasteiger partial charge in [-0.3, -0.25) is 4.98 Å². The van der Waals surface area contributed by atoms with E-state index in [9.17, 15) is 9.90 Å². The predicted molar refractivity (Wildman–Crippen MR) is 67.9 cm³/mol. The fourth-order valence-corrected chi connectivity index (χ4v) is 1.99. The lowest BCUT2D eigenvalue weighted by Crippen LogP contribution is -2.14. The summed E-state index contributed by atoms with van der Waals surface area (Å²) in [6.07, 6.45) is 5.78. The number of rotatable bonds is 4. The van der Waals surface area contributed by atoms with E-state index in [2.05, 4.69) is 9.97 Å². The Kier molecular flexibility index (Phi) is 3.53. The standard InChI is InChI=1S/C11H13N3O2S/c1-17-7-4-9-10(15)14(11(16)13-9)8-2-5-12-6-3-8/h2-3,5-6,15H,4,7H2,1H3,(H,13,16). The summed E-state index contributed by atoms with van der Waals surface area (Å²) in [5.41, 5.74) is 0.847. The van der Waals surface area contributed by atoms with Crippen LogP contribution in [0, 0.1) is 0 Å². The first kappa shape index (κ1) is 11.8. The molecule has 0 radical (unpaired) electrons. The quantitative estimate of drug-likeness (QED) is 0.855. The van der Waals surface area contributed by atoms with E-state index in [-0.39, 0.29) is 11.6 Å². The fraction of sp³-hybridized carbons (Fsp3) is 0.273. The maximum absolute atomic E-state index is 11.7. The van der Waals surface area contributed by atoms with Crippen molar-refractivity contribution in [1.29, 1.82) is 0 Å². The summed E-state index contributed by atoms with van der Waals surface area (Å²) in [7, 11) is 0. The molecule has 2 rings (SSSR count). The molecule has 0 aliphatic rings. The van der Waals surface area contributed by atoms with Gasteiger partial charge in [0.25, 0.3) is 0 Å². The fourth-order valence-electron chi connectivity index (χ4n) is 1.58. The van der Waals surface area contributed by atoms with E-state index in [1.165, 1.54) is 4.57 Å². The smallest absolute Gasteiger partial charge is 0.333 e. The average molecular weight is 251 g/mol. The summed E-state index contributed by atoms with van der Waals surface area (Å²) in [5.74, 6) is 0.833. The van der Waals surface area contributed by atoms with Crippen molar-refractivity contribution in [2.24, 2.45) is 0 Å². The third-order valence-electron chi connectivity index (χ3n) is 2.42. The molecule has 0 atom stereocenters. The third kappa shape index (κ3) is 2.36. The van der Waals surface area contributed by atoms with E-state index in [0.29, 0.717) is 17.8 Å². The highest BCUT2D eigenvalue weighted by Crippen LogP contribution is 2.18. The molecule has 5 nitrogen and oxygen atoms in total. The molecule has 6 heteroatoms. The number of aryl methyl sites for hydroxylation is 1. The lowest BCUT2D eigenvalue weighted by molar-refractivity contribution is 0.435. The van der Waals surface area contributed by atoms with E-state index in [0.717, 1.165) is 5.75 Å². The number of H-pyrrole nitrogens is 1. The van der Waals surface area contributed by atoms with Crippen molar-refractivity contribution in [3.8, 4) is 11.6 Å². The number of aromatic hydroxyl groups is 1. The molecule has 2 heterocycles. The van der Waals surface area contributed by atoms with Crippen LogP contribution in [0.3, 0.4) is 0 Å². The Labute approximate surface area is 103 Å². The lowest BCUT2D eigenvalue weighted by Gasteiger charge is -2.02. The Bertz CT molecular complexity index is 548. The molecule has 0 saturated heterocycles. The van der Waals surface area contributed by atoms with E-state index in [4.69, 9.17) is 0 Å². The van der Waals surface area contributed by atoms with Gasteiger partial charge in [-0.2, -0.15) is 11.8 Å². The number of thioether (sulfide) groups is 1. The molecule has 0 amide bonds. The molecule has 0 aliphatic heterocycles. The molecular formula is C11H13N3O2S. The lowest BCUT2D eigenvalue weighted by atomic mass is 10.3. The van der Waals surface area contributed by atoms with Crippen LogP contribution in [0.4, 0.5) is 0 Å². The molecule has 0 fully saturated rings. The Hall–Kier alpha value is -1.69. The van der Waals surface area contributed by atoms with Crippen molar-refractivity contribution in [3.63, 3.8) is 0 Å². The van der Waals surface area contributed by atoms with Crippen LogP contribution >= 0.6 is 11.8 Å². The van der Waals surface area contributed by atoms with Gasteiger partial charge in [-0.15, -0.1) is 0 Å². The second kappa shape index (κ2) is 5.09. The van der Waals surface area contributed by atoms with Gasteiger partial charge in [-0.25, -0.2) is 9.36 Å². The molecule has 17 heavy (non-hydrogen) atoms. The molecule has 2 aromatic heterocycles. The molecule has 90 valence electrons. The van der Waals surface area contributed by atoms with Crippen LogP contribution in [0.25, 0.3) is 5.69 Å². The molecule has 0 bridgehead atoms. The Morgan fingerprint density at radius 2 is 2.18 bits per heavy atom. The largest absolute Gasteiger partial charge is 0.493 e. The zero-order valence-corrected chi connectivity index (χ0v) is 10.2. The Morgan fingerprint density at radius 1 is 1.47 bits per heavy atom. The maximum Gasteiger partial charge on any atom is 0.333 e. The van der Waals surface area contributed by atoms with Crippen molar-refractivity contribution in [2.75, 3.05) is 12.0 Å². The SMILES string of the molecule is CSCCc1[nH]c(=O)n(-c2ccncc2)c1O. The summed E-state index contributed by atoms with van der Waals surface area (Å²) in [6.45, 7) is 0. The minimum atomic E-state index is -0.329. The third-order valence-corrected chi connectivity index (χ3v) is 3.03. The number of hydrogen-bond donors (Lipinski definition) is 2. The zero-order valence-electron chi connectivity index (χ0n) is 9.38. The average Bonchev–Trinajstić information content (AvgIpc) is 2.63. The van der Waals surface area contributed by atoms with Gasteiger partial charge in [0.2, 0.25) is 5.88 Å². The Balaban J connectivity index is 2.42. The highest BCUT2D eigenvalue weighted by atomic mass is 32.2. The molecule has 0 aromatic carbocycles. The number of hydrogen-bond acceptors (Lipinski definition) is 4. The van der Waals surface area contributed by atoms with Gasteiger partial charge in [0.15, 0.2) is 0 Å². The number of imidazole rings is 1. The number of pyridine rings is 1. The van der Waals surface area contributed by atoms with Crippen molar-refractivity contribution in [3.05, 3.63) is 40.7 Å². The normalized spacial score (nSPS) is 10.6. The summed E-state index contributed by atoms with van der Waals surface area (Å²) in [4.78, 5) is 18.3. The molecule has 2 N–H and O–H groups in total. The van der Waals surface area contributed by atoms with Gasteiger partial charge >= 0.3 is 5.69 Å². The topological polar surface area (TPSA) is 70.9 Å². The first-order valence-electron chi connectivity index (χ1n) is 5.16. The first-order valence-corrected chi connectivity index (χ1v) is 6.55. The van der Waals surface area contributed by atoms with Gasteiger partial charge in [-0.05, 0) is 24.1 Å². The van der Waals surface area contributed by atoms with Crippen molar-refractivity contribution in [1.82, 2.24) is 14.5 Å². The van der Waals surface area contributed by atoms with E-state index < -0.39 is 0 Å². The van der Waals surface area contributed by atoms with Crippen molar-refractivity contribution >= 4 is 11.8 Å². The van der Waals surface area contributed by atoms with E-state index in [1.807, 2.05) is 6.26 Å². The molecule has 0 aliphatic carbocycles. The Morgan fingerprint density at radius 3 is 2.82 bits per heavy atom. The van der Waals surface area contributed by atoms with Gasteiger partial charge in [0.1, 0.15) is 0 Å². The number of nitrogens with one attached hydrogen (secondary N) is 1. The van der Waals surface area contributed by atoms with Gasteiger partial charge in [0.05, 0.1) is 11.4 Å². The molecule has 0 saturated carbocycles. The summed E-state index contributed by atoms with van der Waals surface area (Å²) < 4.78 is 1.25. The highest BCUT2D eigenvalue weighted by Gasteiger charge is 2.13. The summed E-state index contributed by atoms with van der Waals surface area (Å²) in [6, 6.07) is 3.35. The monoisotopic (exact) mass is 251 g/mol. The zero-order chi connectivity index (χ0) is 12.3. The maximum atomic E-state index is 11.7. The van der Waals surface area contributed by atoms with Crippen LogP contribution in [-0.4, -0.2) is 31.7 Å². The van der Waals surface area contributed by atoms with Crippen molar-refractivity contribution < 1.29 is 5.11 Å². The van der Waals surface area contributed by atoms with Crippen LogP contribution in [-0.2, 0) is 6.42 Å². The van der Waals surface area contributed by atoms with Crippen LogP contribution in [0.2, 0.25) is 0 Å². The van der Waals surface area contributed by atoms with Crippen LogP contribution in [0.1, 0.15) is 5.69 Å². The second-order valence-corrected chi connectivity index (χ2v) is 4.50. The molecule has 2 aromatic rings. The van der Waals surface area contributed by atoms with E-state index in [1.54, 1.807) is 36.3 Å². The minimum absolute atomic E-state index is 0.0183. The molecule has 0 spiro atoms. The highest BCUT2D eigenvalue weighted by molar-refractivity contribution is 7.98. The van der Waals surface area contributed by atoms with Gasteiger partial charge in [0, 0.05) is 18.8 Å². The van der Waals surface area contributed by atoms with Gasteiger partial charge < -0.3 is 10.1 Å². The predicted octanol–water partition coefficient (Wildman–Crippen LogP) is 1.17. The van der Waals surface area contributed by atoms with Crippen LogP contribution in [0.15, 0.2) is 29.3 Å². The number of nitrogens with zero attached hydrogens (tertiary/aromatic N) is 2. The summed E-state index contributed by atoms with van der Waals surface area (Å²) in [5, 5.41) is 9.99. The molecule has 0 unspecified atom stereocenters. The van der Waals surface area contributed by atoms with Crippen molar-refractivity contribution in [2.45, 2.75) is 6.42 Å². The summed E-state index contributed by atoms with van der Waals surface area (Å²) >= 11 is 1.66. The van der Waals surface area contributed by atoms with Gasteiger partial charge in [-0.1, -0.05) is 0 Å². The molecular weight excluding hydrogens is 238 g/mol. The minimum Gasteiger partial charge on any atom is -0.493 e.